The van der Waals surface area contributed by atoms with Crippen LogP contribution in [0.1, 0.15) is 19.4 Å². The molecule has 1 aromatic heterocycles. The Kier molecular flexibility index (Phi) is 3.65. The van der Waals surface area contributed by atoms with E-state index in [1.807, 2.05) is 12.1 Å². The Labute approximate surface area is 132 Å². The van der Waals surface area contributed by atoms with Gasteiger partial charge in [0.1, 0.15) is 11.9 Å². The second kappa shape index (κ2) is 5.64. The molecule has 1 aliphatic rings. The second-order valence-electron chi connectivity index (χ2n) is 5.45. The minimum atomic E-state index is -1.23. The molecule has 3 rings (SSSR count). The third-order valence-corrected chi connectivity index (χ3v) is 3.22. The van der Waals surface area contributed by atoms with Gasteiger partial charge in [-0.2, -0.15) is 0 Å². The van der Waals surface area contributed by atoms with Crippen LogP contribution in [0, 0.1) is 0 Å². The number of benzene rings is 1. The van der Waals surface area contributed by atoms with Gasteiger partial charge in [0.25, 0.3) is 5.79 Å². The highest BCUT2D eigenvalue weighted by molar-refractivity contribution is 6.18. The number of rotatable bonds is 2. The van der Waals surface area contributed by atoms with E-state index in [0.717, 1.165) is 11.3 Å². The lowest BCUT2D eigenvalue weighted by Gasteiger charge is -2.29. The molecule has 0 radical (unpaired) electrons. The molecule has 0 unspecified atom stereocenters. The predicted octanol–water partition coefficient (Wildman–Crippen LogP) is 2.36. The number of esters is 2. The van der Waals surface area contributed by atoms with Crippen LogP contribution in [0.15, 0.2) is 48.4 Å². The van der Waals surface area contributed by atoms with Gasteiger partial charge in [-0.3, -0.25) is 0 Å². The average Bonchev–Trinajstić information content (AvgIpc) is 2.51. The number of ether oxygens (including phenoxy) is 2. The van der Waals surface area contributed by atoms with Crippen molar-refractivity contribution < 1.29 is 19.1 Å². The van der Waals surface area contributed by atoms with Crippen molar-refractivity contribution in [1.82, 2.24) is 9.97 Å². The maximum absolute atomic E-state index is 11.9. The molecule has 1 fully saturated rings. The van der Waals surface area contributed by atoms with Crippen LogP contribution in [0.5, 0.6) is 0 Å². The summed E-state index contributed by atoms with van der Waals surface area (Å²) in [4.78, 5) is 31.8. The van der Waals surface area contributed by atoms with E-state index in [4.69, 9.17) is 9.47 Å². The molecular weight excluding hydrogens is 296 g/mol. The summed E-state index contributed by atoms with van der Waals surface area (Å²) in [6.07, 6.45) is 4.58. The molecule has 116 valence electrons. The highest BCUT2D eigenvalue weighted by Gasteiger charge is 2.38. The third kappa shape index (κ3) is 3.26. The Morgan fingerprint density at radius 3 is 2.22 bits per heavy atom. The van der Waals surface area contributed by atoms with Crippen molar-refractivity contribution in [1.29, 1.82) is 0 Å². The molecule has 0 spiro atoms. The molecule has 0 amide bonds. The fourth-order valence-electron chi connectivity index (χ4n) is 2.16. The Bertz CT molecular complexity index is 758. The van der Waals surface area contributed by atoms with E-state index in [9.17, 15) is 9.59 Å². The molecule has 1 aromatic carbocycles. The summed E-state index contributed by atoms with van der Waals surface area (Å²) in [6, 6.07) is 9.05. The number of cyclic esters (lactones) is 2. The number of hydrogen-bond donors (Lipinski definition) is 0. The first-order valence-electron chi connectivity index (χ1n) is 6.99. The monoisotopic (exact) mass is 310 g/mol. The molecular formula is C17H14N2O4. The lowest BCUT2D eigenvalue weighted by atomic mass is 10.1. The van der Waals surface area contributed by atoms with Gasteiger partial charge < -0.3 is 9.47 Å². The van der Waals surface area contributed by atoms with E-state index in [-0.39, 0.29) is 5.57 Å². The van der Waals surface area contributed by atoms with Crippen molar-refractivity contribution in [3.8, 4) is 11.3 Å². The first kappa shape index (κ1) is 14.9. The normalized spacial score (nSPS) is 16.5. The van der Waals surface area contributed by atoms with Crippen LogP contribution in [0.4, 0.5) is 0 Å². The van der Waals surface area contributed by atoms with Crippen molar-refractivity contribution in [2.24, 2.45) is 0 Å². The minimum absolute atomic E-state index is 0.126. The van der Waals surface area contributed by atoms with Crippen LogP contribution < -0.4 is 0 Å². The van der Waals surface area contributed by atoms with Crippen molar-refractivity contribution in [3.05, 3.63) is 54.0 Å². The fourth-order valence-corrected chi connectivity index (χ4v) is 2.16. The molecule has 23 heavy (non-hydrogen) atoms. The molecule has 0 saturated carbocycles. The highest BCUT2D eigenvalue weighted by Crippen LogP contribution is 2.25. The molecule has 1 aliphatic heterocycles. The molecule has 1 saturated heterocycles. The summed E-state index contributed by atoms with van der Waals surface area (Å²) in [5, 5.41) is 0. The van der Waals surface area contributed by atoms with Crippen molar-refractivity contribution in [2.45, 2.75) is 19.6 Å². The number of carbonyl (C=O) groups excluding carboxylic acids is 2. The molecule has 0 N–H and O–H groups in total. The summed E-state index contributed by atoms with van der Waals surface area (Å²) < 4.78 is 10.1. The van der Waals surface area contributed by atoms with Gasteiger partial charge in [-0.25, -0.2) is 19.6 Å². The summed E-state index contributed by atoms with van der Waals surface area (Å²) in [6.45, 7) is 3.02. The van der Waals surface area contributed by atoms with Gasteiger partial charge in [-0.1, -0.05) is 24.3 Å². The van der Waals surface area contributed by atoms with Crippen molar-refractivity contribution >= 4 is 18.0 Å². The third-order valence-electron chi connectivity index (χ3n) is 3.22. The van der Waals surface area contributed by atoms with Gasteiger partial charge in [0.15, 0.2) is 0 Å². The maximum atomic E-state index is 11.9. The number of aromatic nitrogens is 2. The number of nitrogens with zero attached hydrogens (tertiary/aromatic N) is 2. The van der Waals surface area contributed by atoms with Crippen LogP contribution in [0.25, 0.3) is 17.3 Å². The summed E-state index contributed by atoms with van der Waals surface area (Å²) >= 11 is 0. The zero-order chi connectivity index (χ0) is 16.4. The van der Waals surface area contributed by atoms with Gasteiger partial charge in [-0.05, 0) is 17.7 Å². The first-order chi connectivity index (χ1) is 10.9. The van der Waals surface area contributed by atoms with Gasteiger partial charge in [0.05, 0.1) is 5.69 Å². The van der Waals surface area contributed by atoms with E-state index in [1.165, 1.54) is 26.3 Å². The number of hydrogen-bond acceptors (Lipinski definition) is 6. The molecule has 0 aliphatic carbocycles. The zero-order valence-corrected chi connectivity index (χ0v) is 12.6. The Balaban J connectivity index is 1.86. The number of carbonyl (C=O) groups is 2. The minimum Gasteiger partial charge on any atom is -0.419 e. The van der Waals surface area contributed by atoms with Gasteiger partial charge >= 0.3 is 11.9 Å². The summed E-state index contributed by atoms with van der Waals surface area (Å²) in [5.74, 6) is -2.61. The van der Waals surface area contributed by atoms with Crippen LogP contribution in [0.3, 0.4) is 0 Å². The standard InChI is InChI=1S/C17H14N2O4/c1-17(2)22-15(20)13(16(21)23-17)9-11-3-5-12(6-4-11)14-7-8-18-10-19-14/h3-10H,1-2H3. The van der Waals surface area contributed by atoms with Crippen LogP contribution in [-0.2, 0) is 19.1 Å². The molecule has 0 atom stereocenters. The van der Waals surface area contributed by atoms with Gasteiger partial charge in [0.2, 0.25) is 0 Å². The molecule has 0 bridgehead atoms. The van der Waals surface area contributed by atoms with E-state index >= 15 is 0 Å². The first-order valence-corrected chi connectivity index (χ1v) is 6.99. The predicted molar refractivity (Wildman–Crippen MR) is 81.7 cm³/mol. The van der Waals surface area contributed by atoms with E-state index in [2.05, 4.69) is 9.97 Å². The van der Waals surface area contributed by atoms with Crippen molar-refractivity contribution in [3.63, 3.8) is 0 Å². The fraction of sp³-hybridized carbons (Fsp3) is 0.176. The van der Waals surface area contributed by atoms with Crippen LogP contribution >= 0.6 is 0 Å². The van der Waals surface area contributed by atoms with Crippen LogP contribution in [-0.4, -0.2) is 27.7 Å². The van der Waals surface area contributed by atoms with E-state index in [0.29, 0.717) is 5.56 Å². The summed E-state index contributed by atoms with van der Waals surface area (Å²) in [5.41, 5.74) is 2.26. The highest BCUT2D eigenvalue weighted by atomic mass is 16.7. The van der Waals surface area contributed by atoms with Gasteiger partial charge in [-0.15, -0.1) is 0 Å². The van der Waals surface area contributed by atoms with Gasteiger partial charge in [0, 0.05) is 25.6 Å². The van der Waals surface area contributed by atoms with Crippen LogP contribution in [0.2, 0.25) is 0 Å². The lowest BCUT2D eigenvalue weighted by Crippen LogP contribution is -2.41. The summed E-state index contributed by atoms with van der Waals surface area (Å²) in [7, 11) is 0. The molecule has 6 heteroatoms. The molecule has 2 aromatic rings. The van der Waals surface area contributed by atoms with E-state index < -0.39 is 17.7 Å². The average molecular weight is 310 g/mol. The SMILES string of the molecule is CC1(C)OC(=O)C(=Cc2ccc(-c3ccncn3)cc2)C(=O)O1. The Hall–Kier alpha value is -3.02. The second-order valence-corrected chi connectivity index (χ2v) is 5.45. The topological polar surface area (TPSA) is 78.4 Å². The molecule has 2 heterocycles. The molecule has 6 nitrogen and oxygen atoms in total. The largest absolute Gasteiger partial charge is 0.419 e. The Morgan fingerprint density at radius 2 is 1.65 bits per heavy atom. The smallest absolute Gasteiger partial charge is 0.348 e. The quantitative estimate of drug-likeness (QED) is 0.481. The Morgan fingerprint density at radius 1 is 1.00 bits per heavy atom. The van der Waals surface area contributed by atoms with E-state index in [1.54, 1.807) is 24.4 Å². The maximum Gasteiger partial charge on any atom is 0.348 e. The zero-order valence-electron chi connectivity index (χ0n) is 12.6. The lowest BCUT2D eigenvalue weighted by molar-refractivity contribution is -0.222. The van der Waals surface area contributed by atoms with Crippen molar-refractivity contribution in [2.75, 3.05) is 0 Å².